The van der Waals surface area contributed by atoms with Gasteiger partial charge in [0.1, 0.15) is 0 Å². The summed E-state index contributed by atoms with van der Waals surface area (Å²) in [5, 5.41) is 6.29. The van der Waals surface area contributed by atoms with Crippen LogP contribution in [0.25, 0.3) is 0 Å². The van der Waals surface area contributed by atoms with Crippen LogP contribution in [0.3, 0.4) is 0 Å². The molecular weight excluding hydrogens is 411 g/mol. The molecule has 0 aliphatic carbocycles. The zero-order valence-corrected chi connectivity index (χ0v) is 19.0. The molecule has 6 nitrogen and oxygen atoms in total. The number of amides is 2. The number of anilines is 1. The Morgan fingerprint density at radius 1 is 1.24 bits per heavy atom. The Kier molecular flexibility index (Phi) is 11.0. The Hall–Kier alpha value is -1.34. The van der Waals surface area contributed by atoms with Crippen molar-refractivity contribution in [2.45, 2.75) is 45.7 Å². The lowest BCUT2D eigenvalue weighted by atomic mass is 10.1. The lowest BCUT2D eigenvalue weighted by Crippen LogP contribution is -2.41. The zero-order valence-electron chi connectivity index (χ0n) is 17.4. The van der Waals surface area contributed by atoms with Crippen LogP contribution in [0.5, 0.6) is 0 Å². The number of likely N-dealkylation sites (tertiary alicyclic amines) is 2. The van der Waals surface area contributed by atoms with Gasteiger partial charge < -0.3 is 15.5 Å². The molecule has 2 heterocycles. The molecule has 29 heavy (non-hydrogen) atoms. The molecule has 0 aromatic heterocycles. The summed E-state index contributed by atoms with van der Waals surface area (Å²) in [5.74, 6) is -0.198. The largest absolute Gasteiger partial charge is 0.340 e. The van der Waals surface area contributed by atoms with Crippen molar-refractivity contribution in [3.05, 3.63) is 29.8 Å². The normalized spacial score (nSPS) is 21.6. The SMILES string of the molecule is CCNCc1cccc(NC(=O)C2CC(=O)N(CC3CCCN3CC)C2)c1.Cl.Cl. The van der Waals surface area contributed by atoms with E-state index in [4.69, 9.17) is 0 Å². The topological polar surface area (TPSA) is 64.7 Å². The van der Waals surface area contributed by atoms with E-state index in [9.17, 15) is 9.59 Å². The predicted molar refractivity (Wildman–Crippen MR) is 122 cm³/mol. The minimum atomic E-state index is -0.258. The Balaban J connectivity index is 0.00000210. The fraction of sp³-hybridized carbons (Fsp3) is 0.619. The van der Waals surface area contributed by atoms with Crippen LogP contribution in [0.4, 0.5) is 5.69 Å². The fourth-order valence-electron chi connectivity index (χ4n) is 4.17. The van der Waals surface area contributed by atoms with Gasteiger partial charge in [0.25, 0.3) is 0 Å². The van der Waals surface area contributed by atoms with Gasteiger partial charge in [0.15, 0.2) is 0 Å². The van der Waals surface area contributed by atoms with E-state index in [2.05, 4.69) is 29.4 Å². The Morgan fingerprint density at radius 2 is 2.03 bits per heavy atom. The van der Waals surface area contributed by atoms with Crippen molar-refractivity contribution in [3.8, 4) is 0 Å². The second-order valence-corrected chi connectivity index (χ2v) is 7.59. The first-order valence-corrected chi connectivity index (χ1v) is 10.2. The smallest absolute Gasteiger partial charge is 0.229 e. The number of hydrogen-bond acceptors (Lipinski definition) is 4. The van der Waals surface area contributed by atoms with E-state index in [1.54, 1.807) is 0 Å². The van der Waals surface area contributed by atoms with Crippen LogP contribution in [0, 0.1) is 5.92 Å². The molecule has 2 aliphatic heterocycles. The van der Waals surface area contributed by atoms with E-state index in [0.29, 0.717) is 19.0 Å². The highest BCUT2D eigenvalue weighted by molar-refractivity contribution is 5.97. The number of carbonyl (C=O) groups excluding carboxylic acids is 2. The highest BCUT2D eigenvalue weighted by atomic mass is 35.5. The van der Waals surface area contributed by atoms with Gasteiger partial charge in [-0.15, -0.1) is 24.8 Å². The van der Waals surface area contributed by atoms with Crippen LogP contribution >= 0.6 is 24.8 Å². The second-order valence-electron chi connectivity index (χ2n) is 7.59. The van der Waals surface area contributed by atoms with Gasteiger partial charge in [-0.3, -0.25) is 14.5 Å². The summed E-state index contributed by atoms with van der Waals surface area (Å²) in [4.78, 5) is 29.4. The van der Waals surface area contributed by atoms with E-state index in [-0.39, 0.29) is 42.5 Å². The predicted octanol–water partition coefficient (Wildman–Crippen LogP) is 2.91. The number of hydrogen-bond donors (Lipinski definition) is 2. The van der Waals surface area contributed by atoms with Gasteiger partial charge in [0.2, 0.25) is 11.8 Å². The molecule has 2 saturated heterocycles. The van der Waals surface area contributed by atoms with Gasteiger partial charge in [-0.2, -0.15) is 0 Å². The van der Waals surface area contributed by atoms with E-state index < -0.39 is 0 Å². The second kappa shape index (κ2) is 12.4. The summed E-state index contributed by atoms with van der Waals surface area (Å²) in [6.45, 7) is 9.38. The Morgan fingerprint density at radius 3 is 2.76 bits per heavy atom. The molecule has 0 spiro atoms. The minimum Gasteiger partial charge on any atom is -0.340 e. The number of likely N-dealkylation sites (N-methyl/N-ethyl adjacent to an activating group) is 1. The summed E-state index contributed by atoms with van der Waals surface area (Å²) in [7, 11) is 0. The van der Waals surface area contributed by atoms with Gasteiger partial charge in [-0.1, -0.05) is 26.0 Å². The molecule has 2 atom stereocenters. The Bertz CT molecular complexity index is 674. The van der Waals surface area contributed by atoms with Crippen LogP contribution in [0.2, 0.25) is 0 Å². The molecule has 2 N–H and O–H groups in total. The molecule has 1 aromatic carbocycles. The fourth-order valence-corrected chi connectivity index (χ4v) is 4.17. The third-order valence-corrected chi connectivity index (χ3v) is 5.70. The van der Waals surface area contributed by atoms with Crippen LogP contribution in [0.15, 0.2) is 24.3 Å². The maximum absolute atomic E-state index is 12.7. The van der Waals surface area contributed by atoms with Gasteiger partial charge in [0, 0.05) is 37.8 Å². The van der Waals surface area contributed by atoms with Gasteiger partial charge in [0.05, 0.1) is 5.92 Å². The minimum absolute atomic E-state index is 0. The standard InChI is InChI=1S/C21H32N4O2.2ClH/c1-3-22-13-16-7-5-8-18(11-16)23-21(27)17-12-20(26)25(14-17)15-19-9-6-10-24(19)4-2;;/h5,7-8,11,17,19,22H,3-4,6,9-10,12-15H2,1-2H3,(H,23,27);2*1H. The number of halogens is 2. The van der Waals surface area contributed by atoms with Crippen LogP contribution in [-0.4, -0.2) is 60.4 Å². The first kappa shape index (κ1) is 25.7. The van der Waals surface area contributed by atoms with Crippen molar-refractivity contribution in [1.82, 2.24) is 15.1 Å². The lowest BCUT2D eigenvalue weighted by molar-refractivity contribution is -0.128. The maximum Gasteiger partial charge on any atom is 0.229 e. The van der Waals surface area contributed by atoms with Crippen molar-refractivity contribution < 1.29 is 9.59 Å². The average Bonchev–Trinajstić information content (AvgIpc) is 3.27. The van der Waals surface area contributed by atoms with E-state index in [0.717, 1.165) is 50.4 Å². The number of rotatable bonds is 8. The molecule has 8 heteroatoms. The third-order valence-electron chi connectivity index (χ3n) is 5.70. The number of nitrogens with zero attached hydrogens (tertiary/aromatic N) is 2. The van der Waals surface area contributed by atoms with Crippen LogP contribution in [-0.2, 0) is 16.1 Å². The molecule has 0 saturated carbocycles. The van der Waals surface area contributed by atoms with Crippen LogP contribution in [0.1, 0.15) is 38.7 Å². The Labute approximate surface area is 186 Å². The molecule has 2 unspecified atom stereocenters. The highest BCUT2D eigenvalue weighted by Gasteiger charge is 2.36. The monoisotopic (exact) mass is 444 g/mol. The number of benzene rings is 1. The van der Waals surface area contributed by atoms with Crippen molar-refractivity contribution >= 4 is 42.3 Å². The first-order chi connectivity index (χ1) is 13.1. The van der Waals surface area contributed by atoms with E-state index in [1.807, 2.05) is 29.2 Å². The molecule has 2 amide bonds. The third kappa shape index (κ3) is 6.85. The van der Waals surface area contributed by atoms with Gasteiger partial charge in [-0.05, 0) is 50.2 Å². The van der Waals surface area contributed by atoms with Crippen molar-refractivity contribution in [3.63, 3.8) is 0 Å². The highest BCUT2D eigenvalue weighted by Crippen LogP contribution is 2.24. The van der Waals surface area contributed by atoms with Crippen molar-refractivity contribution in [1.29, 1.82) is 0 Å². The summed E-state index contributed by atoms with van der Waals surface area (Å²) in [5.41, 5.74) is 1.94. The molecule has 3 rings (SSSR count). The summed E-state index contributed by atoms with van der Waals surface area (Å²) in [6.07, 6.45) is 2.67. The molecule has 2 fully saturated rings. The summed E-state index contributed by atoms with van der Waals surface area (Å²) >= 11 is 0. The average molecular weight is 445 g/mol. The number of carbonyl (C=O) groups is 2. The molecule has 164 valence electrons. The van der Waals surface area contributed by atoms with Crippen molar-refractivity contribution in [2.75, 3.05) is 38.0 Å². The van der Waals surface area contributed by atoms with E-state index in [1.165, 1.54) is 6.42 Å². The molecule has 1 aromatic rings. The molecule has 0 radical (unpaired) electrons. The van der Waals surface area contributed by atoms with Crippen LogP contribution < -0.4 is 10.6 Å². The summed E-state index contributed by atoms with van der Waals surface area (Å²) in [6, 6.07) is 8.34. The van der Waals surface area contributed by atoms with E-state index >= 15 is 0 Å². The van der Waals surface area contributed by atoms with Gasteiger partial charge in [-0.25, -0.2) is 0 Å². The number of nitrogens with one attached hydrogen (secondary N) is 2. The summed E-state index contributed by atoms with van der Waals surface area (Å²) < 4.78 is 0. The zero-order chi connectivity index (χ0) is 19.2. The maximum atomic E-state index is 12.7. The lowest BCUT2D eigenvalue weighted by Gasteiger charge is -2.27. The van der Waals surface area contributed by atoms with Gasteiger partial charge >= 0.3 is 0 Å². The first-order valence-electron chi connectivity index (χ1n) is 10.2. The molecule has 2 aliphatic rings. The molecular formula is C21H34Cl2N4O2. The van der Waals surface area contributed by atoms with Crippen molar-refractivity contribution in [2.24, 2.45) is 5.92 Å². The quantitative estimate of drug-likeness (QED) is 0.646. The molecule has 0 bridgehead atoms.